The Hall–Kier alpha value is -1.29. The summed E-state index contributed by atoms with van der Waals surface area (Å²) in [6, 6.07) is 0. The van der Waals surface area contributed by atoms with E-state index in [9.17, 15) is 19.4 Å². The van der Waals surface area contributed by atoms with Gasteiger partial charge in [-0.1, -0.05) is 6.92 Å². The SMILES string of the molecule is CCc1cn([C@@H]2OC3COP(=O)(O)OC3[C@H]2O)c(=O)nc1N. The Morgan fingerprint density at radius 1 is 1.59 bits per heavy atom. The van der Waals surface area contributed by atoms with Gasteiger partial charge < -0.3 is 20.5 Å². The fourth-order valence-corrected chi connectivity index (χ4v) is 3.51. The van der Waals surface area contributed by atoms with Crippen molar-refractivity contribution in [3.05, 3.63) is 22.2 Å². The van der Waals surface area contributed by atoms with Gasteiger partial charge in [0.05, 0.1) is 6.61 Å². The first-order chi connectivity index (χ1) is 10.3. The Morgan fingerprint density at radius 2 is 2.32 bits per heavy atom. The molecule has 3 unspecified atom stereocenters. The van der Waals surface area contributed by atoms with Crippen molar-refractivity contribution in [2.75, 3.05) is 12.3 Å². The van der Waals surface area contributed by atoms with Crippen LogP contribution in [0, 0.1) is 0 Å². The van der Waals surface area contributed by atoms with Gasteiger partial charge in [-0.25, -0.2) is 9.36 Å². The van der Waals surface area contributed by atoms with E-state index in [1.54, 1.807) is 0 Å². The van der Waals surface area contributed by atoms with Crippen LogP contribution in [0.4, 0.5) is 5.82 Å². The largest absolute Gasteiger partial charge is 0.472 e. The summed E-state index contributed by atoms with van der Waals surface area (Å²) in [5, 5.41) is 10.3. The van der Waals surface area contributed by atoms with E-state index >= 15 is 0 Å². The quantitative estimate of drug-likeness (QED) is 0.589. The lowest BCUT2D eigenvalue weighted by Gasteiger charge is -2.27. The first-order valence-electron chi connectivity index (χ1n) is 6.69. The molecule has 0 aromatic carbocycles. The van der Waals surface area contributed by atoms with Gasteiger partial charge in [-0.3, -0.25) is 13.6 Å². The van der Waals surface area contributed by atoms with E-state index in [0.29, 0.717) is 12.0 Å². The first-order valence-corrected chi connectivity index (χ1v) is 8.18. The van der Waals surface area contributed by atoms with E-state index in [1.165, 1.54) is 6.20 Å². The van der Waals surface area contributed by atoms with Crippen molar-refractivity contribution in [3.63, 3.8) is 0 Å². The van der Waals surface area contributed by atoms with Gasteiger partial charge in [0.25, 0.3) is 0 Å². The van der Waals surface area contributed by atoms with Crippen LogP contribution >= 0.6 is 7.82 Å². The smallest absolute Gasteiger partial charge is 0.386 e. The number of hydrogen-bond donors (Lipinski definition) is 3. The van der Waals surface area contributed by atoms with Crippen molar-refractivity contribution in [2.45, 2.75) is 37.9 Å². The number of fused-ring (bicyclic) bond motifs is 1. The number of aliphatic hydroxyl groups excluding tert-OH is 1. The highest BCUT2D eigenvalue weighted by atomic mass is 31.2. The van der Waals surface area contributed by atoms with Crippen LogP contribution in [0.1, 0.15) is 18.7 Å². The van der Waals surface area contributed by atoms with Crippen LogP contribution in [0.25, 0.3) is 0 Å². The number of nitrogens with two attached hydrogens (primary N) is 1. The minimum Gasteiger partial charge on any atom is -0.386 e. The van der Waals surface area contributed by atoms with Crippen LogP contribution in [-0.2, 0) is 24.8 Å². The van der Waals surface area contributed by atoms with E-state index in [-0.39, 0.29) is 12.4 Å². The Bertz CT molecular complexity index is 693. The molecule has 1 aromatic rings. The number of aliphatic hydroxyl groups is 1. The average molecular weight is 333 g/mol. The van der Waals surface area contributed by atoms with Gasteiger partial charge in [0, 0.05) is 11.8 Å². The summed E-state index contributed by atoms with van der Waals surface area (Å²) in [5.74, 6) is 0.119. The first kappa shape index (κ1) is 15.6. The molecule has 0 spiro atoms. The van der Waals surface area contributed by atoms with E-state index in [0.717, 1.165) is 4.57 Å². The van der Waals surface area contributed by atoms with E-state index in [1.807, 2.05) is 6.92 Å². The highest BCUT2D eigenvalue weighted by molar-refractivity contribution is 7.47. The van der Waals surface area contributed by atoms with Gasteiger partial charge in [-0.2, -0.15) is 4.98 Å². The van der Waals surface area contributed by atoms with Crippen LogP contribution in [0.15, 0.2) is 11.0 Å². The van der Waals surface area contributed by atoms with Gasteiger partial charge >= 0.3 is 13.5 Å². The van der Waals surface area contributed by atoms with Crippen molar-refractivity contribution in [1.82, 2.24) is 9.55 Å². The molecule has 0 amide bonds. The predicted molar refractivity (Wildman–Crippen MR) is 72.9 cm³/mol. The van der Waals surface area contributed by atoms with Gasteiger partial charge in [0.1, 0.15) is 24.1 Å². The molecule has 122 valence electrons. The third kappa shape index (κ3) is 2.58. The summed E-state index contributed by atoms with van der Waals surface area (Å²) in [7, 11) is -4.21. The third-order valence-electron chi connectivity index (χ3n) is 3.68. The van der Waals surface area contributed by atoms with Crippen molar-refractivity contribution in [3.8, 4) is 0 Å². The van der Waals surface area contributed by atoms with Crippen LogP contribution in [0.2, 0.25) is 0 Å². The fourth-order valence-electron chi connectivity index (χ4n) is 2.54. The molecular formula is C11H16N3O7P. The maximum absolute atomic E-state index is 12.0. The Balaban J connectivity index is 1.94. The molecule has 10 nitrogen and oxygen atoms in total. The summed E-state index contributed by atoms with van der Waals surface area (Å²) >= 11 is 0. The Labute approximate surface area is 125 Å². The minimum atomic E-state index is -4.21. The van der Waals surface area contributed by atoms with Gasteiger partial charge in [0.15, 0.2) is 6.23 Å². The molecule has 2 saturated heterocycles. The number of rotatable bonds is 2. The van der Waals surface area contributed by atoms with Crippen molar-refractivity contribution in [1.29, 1.82) is 0 Å². The highest BCUT2D eigenvalue weighted by Crippen LogP contribution is 2.52. The second kappa shape index (κ2) is 5.41. The van der Waals surface area contributed by atoms with Crippen LogP contribution in [0.3, 0.4) is 0 Å². The maximum atomic E-state index is 12.0. The number of nitrogen functional groups attached to an aromatic ring is 1. The number of aromatic nitrogens is 2. The topological polar surface area (TPSA) is 146 Å². The van der Waals surface area contributed by atoms with Crippen molar-refractivity contribution in [2.24, 2.45) is 0 Å². The maximum Gasteiger partial charge on any atom is 0.472 e. The molecule has 22 heavy (non-hydrogen) atoms. The van der Waals surface area contributed by atoms with Crippen molar-refractivity contribution < 1.29 is 28.3 Å². The number of hydrogen-bond acceptors (Lipinski definition) is 8. The monoisotopic (exact) mass is 333 g/mol. The molecular weight excluding hydrogens is 317 g/mol. The number of ether oxygens (including phenoxy) is 1. The zero-order valence-electron chi connectivity index (χ0n) is 11.7. The van der Waals surface area contributed by atoms with Crippen LogP contribution < -0.4 is 11.4 Å². The molecule has 0 bridgehead atoms. The molecule has 5 atom stereocenters. The molecule has 2 aliphatic heterocycles. The number of aryl methyl sites for hydroxylation is 1. The van der Waals surface area contributed by atoms with Gasteiger partial charge in [0.2, 0.25) is 0 Å². The lowest BCUT2D eigenvalue weighted by Crippen LogP contribution is -2.40. The fraction of sp³-hybridized carbons (Fsp3) is 0.636. The summed E-state index contributed by atoms with van der Waals surface area (Å²) in [6.45, 7) is 1.62. The van der Waals surface area contributed by atoms with Crippen molar-refractivity contribution >= 4 is 13.6 Å². The van der Waals surface area contributed by atoms with E-state index in [2.05, 4.69) is 9.51 Å². The van der Waals surface area contributed by atoms with E-state index in [4.69, 9.17) is 15.0 Å². The molecule has 4 N–H and O–H groups in total. The third-order valence-corrected chi connectivity index (χ3v) is 4.67. The number of phosphoric ester groups is 1. The second-order valence-electron chi connectivity index (χ2n) is 5.08. The normalized spacial score (nSPS) is 38.0. The predicted octanol–water partition coefficient (Wildman–Crippen LogP) is -0.838. The minimum absolute atomic E-state index is 0.119. The standard InChI is InChI=1S/C11H16N3O7P/c1-2-5-3-14(11(16)13-9(5)12)10-7(15)8-6(20-10)4-19-22(17,18)21-8/h3,6-8,10,15H,2,4H2,1H3,(H,17,18)(H2,12,13,16)/t6?,7-,8?,10-/m1/s1. The molecule has 2 fully saturated rings. The zero-order chi connectivity index (χ0) is 16.1. The molecule has 0 saturated carbocycles. The zero-order valence-corrected chi connectivity index (χ0v) is 12.6. The van der Waals surface area contributed by atoms with E-state index < -0.39 is 38.1 Å². The molecule has 1 aromatic heterocycles. The molecule has 3 rings (SSSR count). The van der Waals surface area contributed by atoms with Gasteiger partial charge in [-0.15, -0.1) is 0 Å². The summed E-state index contributed by atoms with van der Waals surface area (Å²) in [5.41, 5.74) is 5.58. The molecule has 2 aliphatic rings. The summed E-state index contributed by atoms with van der Waals surface area (Å²) in [4.78, 5) is 25.0. The van der Waals surface area contributed by atoms with Crippen LogP contribution in [0.5, 0.6) is 0 Å². The summed E-state index contributed by atoms with van der Waals surface area (Å²) < 4.78 is 27.5. The Morgan fingerprint density at radius 3 is 3.00 bits per heavy atom. The lowest BCUT2D eigenvalue weighted by atomic mass is 10.1. The molecule has 0 radical (unpaired) electrons. The number of nitrogens with zero attached hydrogens (tertiary/aromatic N) is 2. The number of anilines is 1. The van der Waals surface area contributed by atoms with Gasteiger partial charge in [-0.05, 0) is 6.42 Å². The molecule has 11 heteroatoms. The average Bonchev–Trinajstić information content (AvgIpc) is 2.75. The Kier molecular flexibility index (Phi) is 3.84. The summed E-state index contributed by atoms with van der Waals surface area (Å²) in [6.07, 6.45) is -2.24. The lowest BCUT2D eigenvalue weighted by molar-refractivity contribution is -0.0685. The highest BCUT2D eigenvalue weighted by Gasteiger charge is 2.52. The molecule has 3 heterocycles. The molecule has 0 aliphatic carbocycles. The second-order valence-corrected chi connectivity index (χ2v) is 6.49. The number of phosphoric acid groups is 1. The van der Waals surface area contributed by atoms with Crippen LogP contribution in [-0.4, -0.2) is 44.5 Å².